The smallest absolute Gasteiger partial charge is 0.306 e. The number of hydrogen-bond acceptors (Lipinski definition) is 6. The van der Waals surface area contributed by atoms with Gasteiger partial charge in [0.05, 0.1) is 21.8 Å². The summed E-state index contributed by atoms with van der Waals surface area (Å²) < 4.78 is 39.4. The number of carbonyl (C=O) groups excluding carboxylic acids is 2. The zero-order valence-corrected chi connectivity index (χ0v) is 18.9. The van der Waals surface area contributed by atoms with Crippen molar-refractivity contribution in [1.29, 1.82) is 0 Å². The molecule has 0 unspecified atom stereocenters. The van der Waals surface area contributed by atoms with Crippen LogP contribution in [-0.2, 0) is 6.18 Å². The van der Waals surface area contributed by atoms with Crippen LogP contribution in [0.3, 0.4) is 0 Å². The first-order valence-electron chi connectivity index (χ1n) is 8.70. The summed E-state index contributed by atoms with van der Waals surface area (Å²) in [5.41, 5.74) is -0.789. The number of pyridine rings is 2. The maximum absolute atomic E-state index is 13.0. The summed E-state index contributed by atoms with van der Waals surface area (Å²) in [5.74, 6) is -1.43. The zero-order chi connectivity index (χ0) is 22.8. The highest BCUT2D eigenvalue weighted by Crippen LogP contribution is 2.35. The van der Waals surface area contributed by atoms with E-state index in [0.717, 1.165) is 17.5 Å². The molecule has 1 atom stereocenters. The topological polar surface area (TPSA) is 84.8 Å². The summed E-state index contributed by atoms with van der Waals surface area (Å²) in [4.78, 5) is 37.0. The fourth-order valence-electron chi connectivity index (χ4n) is 2.56. The van der Waals surface area contributed by atoms with Gasteiger partial charge < -0.3 is 5.32 Å². The highest BCUT2D eigenvalue weighted by molar-refractivity contribution is 9.10. The van der Waals surface area contributed by atoms with Gasteiger partial charge >= 0.3 is 6.18 Å². The van der Waals surface area contributed by atoms with Crippen molar-refractivity contribution in [2.75, 3.05) is 5.32 Å². The zero-order valence-electron chi connectivity index (χ0n) is 15.7. The van der Waals surface area contributed by atoms with Crippen molar-refractivity contribution in [1.82, 2.24) is 15.0 Å². The van der Waals surface area contributed by atoms with Crippen molar-refractivity contribution in [2.24, 2.45) is 0 Å². The Morgan fingerprint density at radius 3 is 2.68 bits per heavy atom. The van der Waals surface area contributed by atoms with Gasteiger partial charge in [0, 0.05) is 18.5 Å². The van der Waals surface area contributed by atoms with Crippen LogP contribution in [0.25, 0.3) is 0 Å². The lowest BCUT2D eigenvalue weighted by Crippen LogP contribution is -2.13. The Balaban J connectivity index is 1.69. The third kappa shape index (κ3) is 5.86. The van der Waals surface area contributed by atoms with Crippen LogP contribution in [0.4, 0.5) is 19.0 Å². The summed E-state index contributed by atoms with van der Waals surface area (Å²) >= 11 is 9.78. The van der Waals surface area contributed by atoms with Crippen molar-refractivity contribution in [2.45, 2.75) is 25.4 Å². The molecule has 3 aromatic heterocycles. The molecule has 1 N–H and O–H groups in total. The predicted molar refractivity (Wildman–Crippen MR) is 114 cm³/mol. The van der Waals surface area contributed by atoms with Crippen LogP contribution in [0.15, 0.2) is 41.3 Å². The van der Waals surface area contributed by atoms with E-state index in [0.29, 0.717) is 21.4 Å². The van der Waals surface area contributed by atoms with Crippen molar-refractivity contribution in [3.8, 4) is 0 Å². The highest BCUT2D eigenvalue weighted by Gasteiger charge is 2.34. The van der Waals surface area contributed by atoms with Crippen molar-refractivity contribution < 1.29 is 22.8 Å². The molecule has 0 aliphatic carbocycles. The number of Topliss-reactive ketones (excluding diaryl/α,β-unsaturated/α-hetero) is 1. The molecule has 3 aromatic rings. The number of halogens is 5. The Morgan fingerprint density at radius 2 is 2.00 bits per heavy atom. The number of alkyl halides is 3. The molecule has 0 bridgehead atoms. The van der Waals surface area contributed by atoms with E-state index in [-0.39, 0.29) is 28.8 Å². The van der Waals surface area contributed by atoms with Crippen molar-refractivity contribution >= 4 is 56.4 Å². The first-order chi connectivity index (χ1) is 14.5. The first kappa shape index (κ1) is 23.3. The van der Waals surface area contributed by atoms with Gasteiger partial charge in [0.2, 0.25) is 0 Å². The van der Waals surface area contributed by atoms with Gasteiger partial charge in [-0.2, -0.15) is 13.2 Å². The number of amides is 1. The molecule has 0 aliphatic rings. The molecule has 0 aromatic carbocycles. The summed E-state index contributed by atoms with van der Waals surface area (Å²) in [6, 6.07) is 5.68. The minimum Gasteiger partial charge on any atom is -0.306 e. The average molecular weight is 534 g/mol. The fourth-order valence-corrected chi connectivity index (χ4v) is 3.97. The standard InChI is InChI=1S/C19H13BrClF3N4O2S/c1-9(5-13(29)12-3-2-4-15(20)27-12)18-26-8-14(31-18)17(30)28-16-6-10(19(22,23)24)11(21)7-25-16/h2-4,6-9H,5H2,1H3,(H,25,28,30)/t9-/m0/s1. The minimum atomic E-state index is -4.68. The first-order valence-corrected chi connectivity index (χ1v) is 10.7. The number of ketones is 1. The monoisotopic (exact) mass is 532 g/mol. The minimum absolute atomic E-state index is 0.131. The Kier molecular flexibility index (Phi) is 7.07. The molecule has 0 fully saturated rings. The number of rotatable bonds is 6. The van der Waals surface area contributed by atoms with Crippen molar-refractivity contribution in [3.63, 3.8) is 0 Å². The molecular weight excluding hydrogens is 521 g/mol. The molecule has 0 radical (unpaired) electrons. The molecule has 1 amide bonds. The van der Waals surface area contributed by atoms with E-state index in [9.17, 15) is 22.8 Å². The summed E-state index contributed by atoms with van der Waals surface area (Å²) in [7, 11) is 0. The Labute approximate surface area is 192 Å². The number of anilines is 1. The van der Waals surface area contributed by atoms with Gasteiger partial charge in [-0.1, -0.05) is 24.6 Å². The molecule has 6 nitrogen and oxygen atoms in total. The average Bonchev–Trinajstić information content (AvgIpc) is 3.19. The second-order valence-corrected chi connectivity index (χ2v) is 8.72. The van der Waals surface area contributed by atoms with Gasteiger partial charge in [0.25, 0.3) is 5.91 Å². The van der Waals surface area contributed by atoms with Gasteiger partial charge in [-0.05, 0) is 34.1 Å². The molecule has 31 heavy (non-hydrogen) atoms. The van der Waals surface area contributed by atoms with E-state index < -0.39 is 22.7 Å². The summed E-state index contributed by atoms with van der Waals surface area (Å²) in [6.07, 6.45) is -2.43. The molecule has 0 aliphatic heterocycles. The number of aromatic nitrogens is 3. The Morgan fingerprint density at radius 1 is 1.26 bits per heavy atom. The second-order valence-electron chi connectivity index (χ2n) is 6.44. The Hall–Kier alpha value is -2.37. The van der Waals surface area contributed by atoms with Crippen molar-refractivity contribution in [3.05, 3.63) is 67.4 Å². The molecule has 12 heteroatoms. The lowest BCUT2D eigenvalue weighted by Gasteiger charge is -2.10. The van der Waals surface area contributed by atoms with Crippen LogP contribution >= 0.6 is 38.9 Å². The van der Waals surface area contributed by atoms with E-state index in [4.69, 9.17) is 11.6 Å². The molecule has 3 rings (SSSR count). The number of nitrogens with zero attached hydrogens (tertiary/aromatic N) is 3. The summed E-state index contributed by atoms with van der Waals surface area (Å²) in [6.45, 7) is 1.78. The third-order valence-corrected chi connectivity index (χ3v) is 6.03. The van der Waals surface area contributed by atoms with Gasteiger partial charge in [-0.3, -0.25) is 9.59 Å². The predicted octanol–water partition coefficient (Wildman–Crippen LogP) is 6.00. The summed E-state index contributed by atoms with van der Waals surface area (Å²) in [5, 5.41) is 2.27. The van der Waals surface area contributed by atoms with E-state index in [1.807, 2.05) is 0 Å². The van der Waals surface area contributed by atoms with Crippen LogP contribution in [0.5, 0.6) is 0 Å². The molecule has 3 heterocycles. The van der Waals surface area contributed by atoms with Gasteiger partial charge in [-0.25, -0.2) is 15.0 Å². The molecule has 162 valence electrons. The molecule has 0 saturated carbocycles. The van der Waals surface area contributed by atoms with Gasteiger partial charge in [-0.15, -0.1) is 11.3 Å². The van der Waals surface area contributed by atoms with E-state index >= 15 is 0 Å². The Bertz CT molecular complexity index is 1140. The fraction of sp³-hybridized carbons (Fsp3) is 0.211. The molecule has 0 spiro atoms. The number of hydrogen-bond donors (Lipinski definition) is 1. The highest BCUT2D eigenvalue weighted by atomic mass is 79.9. The van der Waals surface area contributed by atoms with Gasteiger partial charge in [0.1, 0.15) is 21.0 Å². The lowest BCUT2D eigenvalue weighted by atomic mass is 10.0. The van der Waals surface area contributed by atoms with Crippen LogP contribution in [-0.4, -0.2) is 26.6 Å². The van der Waals surface area contributed by atoms with Crippen LogP contribution in [0, 0.1) is 0 Å². The van der Waals surface area contributed by atoms with E-state index in [2.05, 4.69) is 36.2 Å². The maximum Gasteiger partial charge on any atom is 0.418 e. The lowest BCUT2D eigenvalue weighted by molar-refractivity contribution is -0.137. The van der Waals surface area contributed by atoms with Gasteiger partial charge in [0.15, 0.2) is 5.78 Å². The second kappa shape index (κ2) is 9.41. The largest absolute Gasteiger partial charge is 0.418 e. The quantitative estimate of drug-likeness (QED) is 0.310. The maximum atomic E-state index is 13.0. The van der Waals surface area contributed by atoms with Crippen LogP contribution in [0.2, 0.25) is 5.02 Å². The van der Waals surface area contributed by atoms with Crippen LogP contribution < -0.4 is 5.32 Å². The normalized spacial score (nSPS) is 12.5. The number of carbonyl (C=O) groups is 2. The third-order valence-electron chi connectivity index (χ3n) is 4.06. The van der Waals surface area contributed by atoms with E-state index in [1.165, 1.54) is 6.20 Å². The number of thiazole rings is 1. The van der Waals surface area contributed by atoms with E-state index in [1.54, 1.807) is 25.1 Å². The SMILES string of the molecule is C[C@@H](CC(=O)c1cccc(Br)n1)c1ncc(C(=O)Nc2cc(C(F)(F)F)c(Cl)cn2)s1. The molecule has 0 saturated heterocycles. The number of nitrogens with one attached hydrogen (secondary N) is 1. The molecular formula is C19H13BrClF3N4O2S. The van der Waals surface area contributed by atoms with Crippen LogP contribution in [0.1, 0.15) is 50.0 Å².